The predicted molar refractivity (Wildman–Crippen MR) is 63.7 cm³/mol. The second kappa shape index (κ2) is 4.32. The largest absolute Gasteiger partial charge is 0.463 e. The number of hydrogen-bond acceptors (Lipinski definition) is 2. The van der Waals surface area contributed by atoms with Crippen molar-refractivity contribution in [2.75, 3.05) is 0 Å². The molecule has 0 fully saturated rings. The van der Waals surface area contributed by atoms with E-state index in [-0.39, 0.29) is 0 Å². The molecule has 0 unspecified atom stereocenters. The molecule has 0 aliphatic heterocycles. The Hall–Kier alpha value is -1.25. The SMILES string of the molecule is Cc1ccc([C@H](O)c2ccc(Cl)c(C)c2)o1. The molecule has 2 aromatic rings. The smallest absolute Gasteiger partial charge is 0.137 e. The van der Waals surface area contributed by atoms with E-state index in [1.807, 2.05) is 26.0 Å². The zero-order chi connectivity index (χ0) is 11.7. The van der Waals surface area contributed by atoms with Gasteiger partial charge < -0.3 is 9.52 Å². The van der Waals surface area contributed by atoms with E-state index in [4.69, 9.17) is 16.0 Å². The number of furan rings is 1. The van der Waals surface area contributed by atoms with Gasteiger partial charge in [-0.05, 0) is 43.2 Å². The van der Waals surface area contributed by atoms with E-state index in [9.17, 15) is 5.11 Å². The van der Waals surface area contributed by atoms with Gasteiger partial charge in [-0.2, -0.15) is 0 Å². The van der Waals surface area contributed by atoms with Crippen LogP contribution in [0.25, 0.3) is 0 Å². The average Bonchev–Trinajstić information content (AvgIpc) is 2.68. The number of aliphatic hydroxyl groups is 1. The van der Waals surface area contributed by atoms with Crippen molar-refractivity contribution < 1.29 is 9.52 Å². The van der Waals surface area contributed by atoms with Crippen molar-refractivity contribution in [2.24, 2.45) is 0 Å². The Kier molecular flexibility index (Phi) is 3.03. The van der Waals surface area contributed by atoms with E-state index in [0.29, 0.717) is 10.8 Å². The second-order valence-electron chi connectivity index (χ2n) is 3.86. The summed E-state index contributed by atoms with van der Waals surface area (Å²) in [6.45, 7) is 3.76. The number of aryl methyl sites for hydroxylation is 2. The summed E-state index contributed by atoms with van der Waals surface area (Å²) in [4.78, 5) is 0. The van der Waals surface area contributed by atoms with Crippen LogP contribution in [0.2, 0.25) is 5.02 Å². The highest BCUT2D eigenvalue weighted by molar-refractivity contribution is 6.31. The van der Waals surface area contributed by atoms with Crippen LogP contribution in [0.15, 0.2) is 34.7 Å². The van der Waals surface area contributed by atoms with Gasteiger partial charge in [-0.25, -0.2) is 0 Å². The first-order chi connectivity index (χ1) is 7.58. The first kappa shape index (κ1) is 11.2. The Morgan fingerprint density at radius 1 is 1.19 bits per heavy atom. The van der Waals surface area contributed by atoms with Crippen molar-refractivity contribution in [3.63, 3.8) is 0 Å². The number of hydrogen-bond donors (Lipinski definition) is 1. The van der Waals surface area contributed by atoms with Crippen molar-refractivity contribution in [1.29, 1.82) is 0 Å². The zero-order valence-corrected chi connectivity index (χ0v) is 9.95. The molecule has 0 bridgehead atoms. The van der Waals surface area contributed by atoms with Crippen LogP contribution in [0.3, 0.4) is 0 Å². The number of rotatable bonds is 2. The van der Waals surface area contributed by atoms with Crippen molar-refractivity contribution in [2.45, 2.75) is 20.0 Å². The fourth-order valence-corrected chi connectivity index (χ4v) is 1.72. The van der Waals surface area contributed by atoms with Gasteiger partial charge in [0.1, 0.15) is 17.6 Å². The molecule has 2 rings (SSSR count). The molecule has 1 heterocycles. The lowest BCUT2D eigenvalue weighted by Gasteiger charge is -2.09. The van der Waals surface area contributed by atoms with Gasteiger partial charge in [0, 0.05) is 5.02 Å². The first-order valence-corrected chi connectivity index (χ1v) is 5.46. The van der Waals surface area contributed by atoms with Crippen molar-refractivity contribution in [3.05, 3.63) is 58.0 Å². The van der Waals surface area contributed by atoms with E-state index >= 15 is 0 Å². The molecular weight excluding hydrogens is 224 g/mol. The number of halogens is 1. The summed E-state index contributed by atoms with van der Waals surface area (Å²) >= 11 is 5.93. The van der Waals surface area contributed by atoms with Gasteiger partial charge in [-0.3, -0.25) is 0 Å². The lowest BCUT2D eigenvalue weighted by molar-refractivity contribution is 0.187. The van der Waals surface area contributed by atoms with Crippen molar-refractivity contribution in [1.82, 2.24) is 0 Å². The van der Waals surface area contributed by atoms with Crippen LogP contribution in [0.5, 0.6) is 0 Å². The van der Waals surface area contributed by atoms with E-state index in [2.05, 4.69) is 0 Å². The minimum atomic E-state index is -0.732. The minimum Gasteiger partial charge on any atom is -0.463 e. The van der Waals surface area contributed by atoms with Crippen LogP contribution in [-0.2, 0) is 0 Å². The topological polar surface area (TPSA) is 33.4 Å². The van der Waals surface area contributed by atoms with Gasteiger partial charge in [0.15, 0.2) is 0 Å². The van der Waals surface area contributed by atoms with Crippen molar-refractivity contribution >= 4 is 11.6 Å². The average molecular weight is 237 g/mol. The number of benzene rings is 1. The van der Waals surface area contributed by atoms with Crippen LogP contribution in [0, 0.1) is 13.8 Å². The van der Waals surface area contributed by atoms with Gasteiger partial charge in [0.2, 0.25) is 0 Å². The van der Waals surface area contributed by atoms with Gasteiger partial charge in [0.25, 0.3) is 0 Å². The molecule has 0 radical (unpaired) electrons. The van der Waals surface area contributed by atoms with Crippen LogP contribution >= 0.6 is 11.6 Å². The summed E-state index contributed by atoms with van der Waals surface area (Å²) in [5.41, 5.74) is 1.73. The Bertz CT molecular complexity index is 502. The third-order valence-electron chi connectivity index (χ3n) is 2.53. The van der Waals surface area contributed by atoms with Gasteiger partial charge in [-0.1, -0.05) is 23.7 Å². The molecule has 0 saturated carbocycles. The monoisotopic (exact) mass is 236 g/mol. The Morgan fingerprint density at radius 3 is 2.50 bits per heavy atom. The molecule has 84 valence electrons. The molecule has 16 heavy (non-hydrogen) atoms. The highest BCUT2D eigenvalue weighted by Crippen LogP contribution is 2.26. The Morgan fingerprint density at radius 2 is 1.94 bits per heavy atom. The first-order valence-electron chi connectivity index (χ1n) is 5.08. The maximum absolute atomic E-state index is 10.1. The quantitative estimate of drug-likeness (QED) is 0.864. The standard InChI is InChI=1S/C13H13ClO2/c1-8-7-10(4-5-11(8)14)13(15)12-6-3-9(2)16-12/h3-7,13,15H,1-2H3/t13-/m1/s1. The highest BCUT2D eigenvalue weighted by atomic mass is 35.5. The van der Waals surface area contributed by atoms with Crippen LogP contribution < -0.4 is 0 Å². The summed E-state index contributed by atoms with van der Waals surface area (Å²) in [6, 6.07) is 9.07. The van der Waals surface area contributed by atoms with E-state index in [1.165, 1.54) is 0 Å². The van der Waals surface area contributed by atoms with E-state index in [1.54, 1.807) is 18.2 Å². The maximum atomic E-state index is 10.1. The van der Waals surface area contributed by atoms with Gasteiger partial charge >= 0.3 is 0 Å². The normalized spacial score (nSPS) is 12.8. The minimum absolute atomic E-state index is 0.555. The lowest BCUT2D eigenvalue weighted by Crippen LogP contribution is -1.98. The molecule has 0 spiro atoms. The molecule has 0 amide bonds. The fraction of sp³-hybridized carbons (Fsp3) is 0.231. The molecule has 1 aromatic carbocycles. The maximum Gasteiger partial charge on any atom is 0.137 e. The van der Waals surface area contributed by atoms with Crippen LogP contribution in [0.4, 0.5) is 0 Å². The van der Waals surface area contributed by atoms with E-state index < -0.39 is 6.10 Å². The molecule has 1 atom stereocenters. The molecular formula is C13H13ClO2. The third kappa shape index (κ3) is 2.13. The lowest BCUT2D eigenvalue weighted by atomic mass is 10.1. The molecule has 0 saturated heterocycles. The van der Waals surface area contributed by atoms with Crippen LogP contribution in [-0.4, -0.2) is 5.11 Å². The third-order valence-corrected chi connectivity index (χ3v) is 2.95. The Labute approximate surface area is 99.5 Å². The molecule has 3 heteroatoms. The summed E-state index contributed by atoms with van der Waals surface area (Å²) in [7, 11) is 0. The van der Waals surface area contributed by atoms with E-state index in [0.717, 1.165) is 16.9 Å². The number of aliphatic hydroxyl groups excluding tert-OH is 1. The summed E-state index contributed by atoms with van der Waals surface area (Å²) in [5.74, 6) is 1.35. The molecule has 0 aliphatic rings. The molecule has 1 aromatic heterocycles. The molecule has 2 nitrogen and oxygen atoms in total. The second-order valence-corrected chi connectivity index (χ2v) is 4.27. The fourth-order valence-electron chi connectivity index (χ4n) is 1.60. The Balaban J connectivity index is 2.33. The predicted octanol–water partition coefficient (Wildman–Crippen LogP) is 3.63. The van der Waals surface area contributed by atoms with Crippen LogP contribution in [0.1, 0.15) is 28.8 Å². The highest BCUT2D eigenvalue weighted by Gasteiger charge is 2.14. The van der Waals surface area contributed by atoms with Crippen molar-refractivity contribution in [3.8, 4) is 0 Å². The summed E-state index contributed by atoms with van der Waals surface area (Å²) < 4.78 is 5.39. The van der Waals surface area contributed by atoms with Gasteiger partial charge in [-0.15, -0.1) is 0 Å². The summed E-state index contributed by atoms with van der Waals surface area (Å²) in [5, 5.41) is 10.8. The van der Waals surface area contributed by atoms with Gasteiger partial charge in [0.05, 0.1) is 0 Å². The molecule has 1 N–H and O–H groups in total. The summed E-state index contributed by atoms with van der Waals surface area (Å²) in [6.07, 6.45) is -0.732. The zero-order valence-electron chi connectivity index (χ0n) is 9.20. The molecule has 0 aliphatic carbocycles.